The lowest BCUT2D eigenvalue weighted by Gasteiger charge is -2.31. The molecule has 1 aliphatic rings. The van der Waals surface area contributed by atoms with Crippen LogP contribution in [0.1, 0.15) is 25.3 Å². The van der Waals surface area contributed by atoms with Crippen LogP contribution in [0.4, 0.5) is 5.82 Å². The summed E-state index contributed by atoms with van der Waals surface area (Å²) in [6, 6.07) is 6.47. The Kier molecular flexibility index (Phi) is 2.84. The molecule has 2 aromatic heterocycles. The van der Waals surface area contributed by atoms with Gasteiger partial charge in [0, 0.05) is 24.0 Å². The van der Waals surface area contributed by atoms with Crippen molar-refractivity contribution in [2.24, 2.45) is 5.92 Å². The maximum Gasteiger partial charge on any atom is 0.156 e. The number of aromatic nitrogens is 3. The summed E-state index contributed by atoms with van der Waals surface area (Å²) in [6.07, 6.45) is 4.26. The van der Waals surface area contributed by atoms with Crippen LogP contribution in [0, 0.1) is 12.8 Å². The van der Waals surface area contributed by atoms with Gasteiger partial charge in [0.1, 0.15) is 17.4 Å². The van der Waals surface area contributed by atoms with Crippen LogP contribution in [-0.2, 0) is 0 Å². The largest absolute Gasteiger partial charge is 0.355 e. The number of rotatable bonds is 1. The van der Waals surface area contributed by atoms with Crippen LogP contribution in [0.2, 0.25) is 0 Å². The summed E-state index contributed by atoms with van der Waals surface area (Å²) in [5.41, 5.74) is 4.52. The molecule has 4 rings (SSSR count). The molecule has 21 heavy (non-hydrogen) atoms. The summed E-state index contributed by atoms with van der Waals surface area (Å²) in [5.74, 6) is 1.79. The van der Waals surface area contributed by atoms with Crippen LogP contribution in [0.25, 0.3) is 21.9 Å². The van der Waals surface area contributed by atoms with Crippen molar-refractivity contribution in [3.8, 4) is 0 Å². The van der Waals surface area contributed by atoms with Gasteiger partial charge in [-0.2, -0.15) is 0 Å². The second-order valence-electron chi connectivity index (χ2n) is 6.29. The Morgan fingerprint density at radius 1 is 1.29 bits per heavy atom. The molecule has 0 bridgehead atoms. The molecule has 4 heteroatoms. The molecular weight excluding hydrogens is 260 g/mol. The van der Waals surface area contributed by atoms with Gasteiger partial charge < -0.3 is 9.88 Å². The van der Waals surface area contributed by atoms with E-state index in [-0.39, 0.29) is 0 Å². The van der Waals surface area contributed by atoms with Crippen LogP contribution in [0.3, 0.4) is 0 Å². The van der Waals surface area contributed by atoms with Crippen molar-refractivity contribution >= 4 is 27.8 Å². The van der Waals surface area contributed by atoms with Gasteiger partial charge in [-0.05, 0) is 37.3 Å². The average Bonchev–Trinajstić information content (AvgIpc) is 2.84. The predicted octanol–water partition coefficient (Wildman–Crippen LogP) is 3.66. The third kappa shape index (κ3) is 2.06. The van der Waals surface area contributed by atoms with Gasteiger partial charge in [0.25, 0.3) is 0 Å². The number of aryl methyl sites for hydroxylation is 1. The summed E-state index contributed by atoms with van der Waals surface area (Å²) < 4.78 is 0. The number of nitrogens with one attached hydrogen (secondary N) is 1. The van der Waals surface area contributed by atoms with Crippen molar-refractivity contribution in [2.75, 3.05) is 18.0 Å². The summed E-state index contributed by atoms with van der Waals surface area (Å²) in [5, 5.41) is 1.18. The predicted molar refractivity (Wildman–Crippen MR) is 86.7 cm³/mol. The number of H-pyrrole nitrogens is 1. The summed E-state index contributed by atoms with van der Waals surface area (Å²) in [6.45, 7) is 6.61. The van der Waals surface area contributed by atoms with E-state index in [1.165, 1.54) is 23.8 Å². The Morgan fingerprint density at radius 3 is 3.05 bits per heavy atom. The molecule has 108 valence electrons. The van der Waals surface area contributed by atoms with Gasteiger partial charge in [-0.1, -0.05) is 19.1 Å². The molecule has 0 aliphatic carbocycles. The number of anilines is 1. The first-order chi connectivity index (χ1) is 10.2. The Balaban J connectivity index is 1.91. The van der Waals surface area contributed by atoms with E-state index in [2.05, 4.69) is 51.9 Å². The molecule has 0 amide bonds. The Labute approximate surface area is 124 Å². The van der Waals surface area contributed by atoms with Gasteiger partial charge in [0.05, 0.1) is 0 Å². The van der Waals surface area contributed by atoms with E-state index < -0.39 is 0 Å². The summed E-state index contributed by atoms with van der Waals surface area (Å²) in [7, 11) is 0. The highest BCUT2D eigenvalue weighted by atomic mass is 15.2. The number of hydrogen-bond donors (Lipinski definition) is 1. The van der Waals surface area contributed by atoms with Crippen LogP contribution in [0.5, 0.6) is 0 Å². The van der Waals surface area contributed by atoms with E-state index >= 15 is 0 Å². The first-order valence-corrected chi connectivity index (χ1v) is 7.70. The van der Waals surface area contributed by atoms with Crippen molar-refractivity contribution in [3.63, 3.8) is 0 Å². The molecule has 1 saturated heterocycles. The Morgan fingerprint density at radius 2 is 2.19 bits per heavy atom. The molecule has 1 aromatic carbocycles. The highest BCUT2D eigenvalue weighted by Gasteiger charge is 2.21. The number of nitrogens with zero attached hydrogens (tertiary/aromatic N) is 3. The molecule has 1 N–H and O–H groups in total. The molecule has 0 unspecified atom stereocenters. The number of fused-ring (bicyclic) bond motifs is 3. The van der Waals surface area contributed by atoms with Crippen molar-refractivity contribution in [1.29, 1.82) is 0 Å². The van der Waals surface area contributed by atoms with Gasteiger partial charge >= 0.3 is 0 Å². The standard InChI is InChI=1S/C17H20N4/c1-11-5-6-13-14(8-11)20-16-15(13)18-10-19-17(16)21-7-3-4-12(2)9-21/h5-6,8,10,12,20H,3-4,7,9H2,1-2H3/t12-/m1/s1. The molecule has 0 radical (unpaired) electrons. The molecular formula is C17H20N4. The number of hydrogen-bond acceptors (Lipinski definition) is 3. The minimum absolute atomic E-state index is 0.732. The molecule has 1 aliphatic heterocycles. The molecule has 3 heterocycles. The van der Waals surface area contributed by atoms with Gasteiger partial charge in [0.15, 0.2) is 5.82 Å². The smallest absolute Gasteiger partial charge is 0.156 e. The maximum atomic E-state index is 4.57. The topological polar surface area (TPSA) is 44.8 Å². The zero-order chi connectivity index (χ0) is 14.4. The maximum absolute atomic E-state index is 4.57. The first kappa shape index (κ1) is 12.6. The van der Waals surface area contributed by atoms with Crippen molar-refractivity contribution < 1.29 is 0 Å². The van der Waals surface area contributed by atoms with Gasteiger partial charge in [-0.25, -0.2) is 9.97 Å². The van der Waals surface area contributed by atoms with Gasteiger partial charge in [-0.3, -0.25) is 0 Å². The summed E-state index contributed by atoms with van der Waals surface area (Å²) >= 11 is 0. The molecule has 1 atom stereocenters. The third-order valence-electron chi connectivity index (χ3n) is 4.47. The number of aromatic amines is 1. The zero-order valence-corrected chi connectivity index (χ0v) is 12.6. The second kappa shape index (κ2) is 4.72. The van der Waals surface area contributed by atoms with Crippen LogP contribution in [0.15, 0.2) is 24.5 Å². The normalized spacial score (nSPS) is 19.5. The summed E-state index contributed by atoms with van der Waals surface area (Å²) in [4.78, 5) is 15.0. The minimum Gasteiger partial charge on any atom is -0.355 e. The van der Waals surface area contributed by atoms with Crippen molar-refractivity contribution in [1.82, 2.24) is 15.0 Å². The van der Waals surface area contributed by atoms with Crippen LogP contribution in [-0.4, -0.2) is 28.0 Å². The fourth-order valence-corrected chi connectivity index (χ4v) is 3.42. The van der Waals surface area contributed by atoms with E-state index in [0.29, 0.717) is 0 Å². The lowest BCUT2D eigenvalue weighted by molar-refractivity contribution is 0.445. The average molecular weight is 280 g/mol. The molecule has 1 fully saturated rings. The van der Waals surface area contributed by atoms with E-state index in [4.69, 9.17) is 0 Å². The quantitative estimate of drug-likeness (QED) is 0.740. The second-order valence-corrected chi connectivity index (χ2v) is 6.29. The van der Waals surface area contributed by atoms with Crippen molar-refractivity contribution in [3.05, 3.63) is 30.1 Å². The Hall–Kier alpha value is -2.10. The fraction of sp³-hybridized carbons (Fsp3) is 0.412. The van der Waals surface area contributed by atoms with Crippen molar-refractivity contribution in [2.45, 2.75) is 26.7 Å². The third-order valence-corrected chi connectivity index (χ3v) is 4.47. The lowest BCUT2D eigenvalue weighted by Crippen LogP contribution is -2.35. The van der Waals surface area contributed by atoms with E-state index in [1.807, 2.05) is 0 Å². The highest BCUT2D eigenvalue weighted by Crippen LogP contribution is 2.31. The van der Waals surface area contributed by atoms with Gasteiger partial charge in [0.2, 0.25) is 0 Å². The molecule has 0 saturated carbocycles. The van der Waals surface area contributed by atoms with E-state index in [9.17, 15) is 0 Å². The first-order valence-electron chi connectivity index (χ1n) is 7.70. The number of benzene rings is 1. The Bertz CT molecular complexity index is 805. The van der Waals surface area contributed by atoms with Crippen LogP contribution < -0.4 is 4.90 Å². The molecule has 4 nitrogen and oxygen atoms in total. The SMILES string of the molecule is Cc1ccc2c(c1)[nH]c1c(N3CCC[C@@H](C)C3)ncnc12. The van der Waals surface area contributed by atoms with E-state index in [1.54, 1.807) is 6.33 Å². The fourth-order valence-electron chi connectivity index (χ4n) is 3.42. The van der Waals surface area contributed by atoms with Gasteiger partial charge in [-0.15, -0.1) is 0 Å². The minimum atomic E-state index is 0.732. The molecule has 3 aromatic rings. The number of piperidine rings is 1. The monoisotopic (exact) mass is 280 g/mol. The van der Waals surface area contributed by atoms with Crippen LogP contribution >= 0.6 is 0 Å². The molecule has 0 spiro atoms. The lowest BCUT2D eigenvalue weighted by atomic mass is 10.0. The van der Waals surface area contributed by atoms with E-state index in [0.717, 1.165) is 41.4 Å². The zero-order valence-electron chi connectivity index (χ0n) is 12.6. The highest BCUT2D eigenvalue weighted by molar-refractivity contribution is 6.08.